The highest BCUT2D eigenvalue weighted by atomic mass is 35.5. The lowest BCUT2D eigenvalue weighted by Crippen LogP contribution is -2.19. The third kappa shape index (κ3) is 4.43. The third-order valence-electron chi connectivity index (χ3n) is 3.06. The molecule has 1 aromatic heterocycles. The van der Waals surface area contributed by atoms with E-state index in [1.165, 1.54) is 0 Å². The number of benzene rings is 1. The molecule has 2 aromatic rings. The molecule has 6 heteroatoms. The predicted octanol–water partition coefficient (Wildman–Crippen LogP) is 4.52. The monoisotopic (exact) mass is 327 g/mol. The Hall–Kier alpha value is -1.10. The minimum atomic E-state index is 0.0425. The summed E-state index contributed by atoms with van der Waals surface area (Å²) in [5, 5.41) is 5.08. The number of nitrogens with two attached hydrogens (primary N) is 1. The molecule has 1 unspecified atom stereocenters. The molecule has 0 aliphatic rings. The number of halogens is 2. The number of nitrogens with zero attached hydrogens (tertiary/aromatic N) is 2. The van der Waals surface area contributed by atoms with E-state index in [9.17, 15) is 0 Å². The summed E-state index contributed by atoms with van der Waals surface area (Å²) in [6, 6.07) is 5.17. The summed E-state index contributed by atoms with van der Waals surface area (Å²) in [6.45, 7) is 6.94. The summed E-state index contributed by atoms with van der Waals surface area (Å²) in [6.07, 6.45) is 0.876. The second kappa shape index (κ2) is 6.34. The summed E-state index contributed by atoms with van der Waals surface area (Å²) in [5.74, 6) is 1.07. The molecule has 2 N–H and O–H groups in total. The summed E-state index contributed by atoms with van der Waals surface area (Å²) in [7, 11) is 0. The normalized spacial score (nSPS) is 13.4. The maximum absolute atomic E-state index is 5.99. The van der Waals surface area contributed by atoms with E-state index >= 15 is 0 Å². The Balaban J connectivity index is 2.28. The topological polar surface area (TPSA) is 64.9 Å². The van der Waals surface area contributed by atoms with Crippen molar-refractivity contribution in [3.05, 3.63) is 34.1 Å². The van der Waals surface area contributed by atoms with Crippen molar-refractivity contribution in [2.45, 2.75) is 33.1 Å². The highest BCUT2D eigenvalue weighted by molar-refractivity contribution is 6.35. The van der Waals surface area contributed by atoms with Gasteiger partial charge in [0.25, 0.3) is 0 Å². The van der Waals surface area contributed by atoms with Gasteiger partial charge in [0, 0.05) is 22.2 Å². The van der Waals surface area contributed by atoms with Gasteiger partial charge in [-0.3, -0.25) is 0 Å². The van der Waals surface area contributed by atoms with Gasteiger partial charge in [-0.25, -0.2) is 0 Å². The second-order valence-corrected chi connectivity index (χ2v) is 7.18. The van der Waals surface area contributed by atoms with Crippen LogP contribution in [0.25, 0.3) is 11.4 Å². The van der Waals surface area contributed by atoms with Gasteiger partial charge >= 0.3 is 0 Å². The highest BCUT2D eigenvalue weighted by Gasteiger charge is 2.24. The Morgan fingerprint density at radius 3 is 2.33 bits per heavy atom. The van der Waals surface area contributed by atoms with Gasteiger partial charge in [-0.1, -0.05) is 49.1 Å². The molecule has 114 valence electrons. The molecule has 0 saturated heterocycles. The lowest BCUT2D eigenvalue weighted by Gasteiger charge is -2.22. The average molecular weight is 328 g/mol. The zero-order valence-electron chi connectivity index (χ0n) is 12.4. The standard InChI is InChI=1S/C15H19Cl2N3O/c1-15(2,3)7-10(8-18)14-19-13(20-21-14)9-4-11(16)6-12(17)5-9/h4-6,10H,7-8,18H2,1-3H3. The van der Waals surface area contributed by atoms with Crippen LogP contribution < -0.4 is 5.73 Å². The van der Waals surface area contributed by atoms with Crippen molar-refractivity contribution in [2.75, 3.05) is 6.54 Å². The van der Waals surface area contributed by atoms with Gasteiger partial charge in [0.2, 0.25) is 11.7 Å². The highest BCUT2D eigenvalue weighted by Crippen LogP contribution is 2.31. The van der Waals surface area contributed by atoms with Crippen molar-refractivity contribution in [3.63, 3.8) is 0 Å². The average Bonchev–Trinajstić information content (AvgIpc) is 2.83. The van der Waals surface area contributed by atoms with Gasteiger partial charge in [0.1, 0.15) is 0 Å². The van der Waals surface area contributed by atoms with Gasteiger partial charge in [-0.2, -0.15) is 4.98 Å². The molecule has 1 heterocycles. The first kappa shape index (κ1) is 16.3. The van der Waals surface area contributed by atoms with Crippen molar-refractivity contribution < 1.29 is 4.52 Å². The van der Waals surface area contributed by atoms with Crippen molar-refractivity contribution >= 4 is 23.2 Å². The van der Waals surface area contributed by atoms with Crippen LogP contribution in [0, 0.1) is 5.41 Å². The van der Waals surface area contributed by atoms with Crippen molar-refractivity contribution in [2.24, 2.45) is 11.1 Å². The predicted molar refractivity (Wildman–Crippen MR) is 85.6 cm³/mol. The lowest BCUT2D eigenvalue weighted by molar-refractivity contribution is 0.287. The molecule has 2 rings (SSSR count). The van der Waals surface area contributed by atoms with Crippen molar-refractivity contribution in [1.29, 1.82) is 0 Å². The Morgan fingerprint density at radius 2 is 1.81 bits per heavy atom. The van der Waals surface area contributed by atoms with E-state index in [1.54, 1.807) is 18.2 Å². The van der Waals surface area contributed by atoms with E-state index in [-0.39, 0.29) is 11.3 Å². The van der Waals surface area contributed by atoms with E-state index < -0.39 is 0 Å². The molecule has 0 aliphatic carbocycles. The minimum absolute atomic E-state index is 0.0425. The van der Waals surface area contributed by atoms with Crippen LogP contribution in [-0.4, -0.2) is 16.7 Å². The first-order valence-electron chi connectivity index (χ1n) is 6.78. The van der Waals surface area contributed by atoms with Crippen LogP contribution in [0.15, 0.2) is 22.7 Å². The second-order valence-electron chi connectivity index (χ2n) is 6.31. The lowest BCUT2D eigenvalue weighted by atomic mass is 9.84. The molecular weight excluding hydrogens is 309 g/mol. The number of hydrogen-bond donors (Lipinski definition) is 1. The zero-order valence-corrected chi connectivity index (χ0v) is 13.9. The fourth-order valence-electron chi connectivity index (χ4n) is 2.21. The molecule has 1 atom stereocenters. The molecule has 0 bridgehead atoms. The molecule has 0 spiro atoms. The van der Waals surface area contributed by atoms with Gasteiger partial charge in [-0.15, -0.1) is 0 Å². The Labute approximate surface area is 134 Å². The maximum Gasteiger partial charge on any atom is 0.231 e. The van der Waals surface area contributed by atoms with E-state index in [2.05, 4.69) is 30.9 Å². The van der Waals surface area contributed by atoms with Gasteiger partial charge < -0.3 is 10.3 Å². The number of rotatable bonds is 4. The van der Waals surface area contributed by atoms with Gasteiger partial charge in [-0.05, 0) is 30.0 Å². The summed E-state index contributed by atoms with van der Waals surface area (Å²) >= 11 is 12.0. The smallest absolute Gasteiger partial charge is 0.231 e. The fourth-order valence-corrected chi connectivity index (χ4v) is 2.74. The number of aromatic nitrogens is 2. The Kier molecular flexibility index (Phi) is 4.91. The Bertz CT molecular complexity index is 599. The zero-order chi connectivity index (χ0) is 15.6. The minimum Gasteiger partial charge on any atom is -0.339 e. The van der Waals surface area contributed by atoms with Crippen LogP contribution >= 0.6 is 23.2 Å². The molecule has 21 heavy (non-hydrogen) atoms. The molecule has 0 saturated carbocycles. The van der Waals surface area contributed by atoms with Crippen LogP contribution in [0.1, 0.15) is 39.0 Å². The van der Waals surface area contributed by atoms with E-state index in [4.69, 9.17) is 33.5 Å². The third-order valence-corrected chi connectivity index (χ3v) is 3.49. The molecular formula is C15H19Cl2N3O. The van der Waals surface area contributed by atoms with Crippen LogP contribution in [0.4, 0.5) is 0 Å². The van der Waals surface area contributed by atoms with Crippen LogP contribution in [0.2, 0.25) is 10.0 Å². The number of hydrogen-bond acceptors (Lipinski definition) is 4. The molecule has 0 aliphatic heterocycles. The molecule has 1 aromatic carbocycles. The first-order valence-corrected chi connectivity index (χ1v) is 7.54. The van der Waals surface area contributed by atoms with Crippen LogP contribution in [0.3, 0.4) is 0 Å². The summed E-state index contributed by atoms with van der Waals surface area (Å²) in [5.41, 5.74) is 6.71. The Morgan fingerprint density at radius 1 is 1.19 bits per heavy atom. The quantitative estimate of drug-likeness (QED) is 0.896. The van der Waals surface area contributed by atoms with Gasteiger partial charge in [0.15, 0.2) is 0 Å². The molecule has 0 radical (unpaired) electrons. The van der Waals surface area contributed by atoms with Crippen LogP contribution in [0.5, 0.6) is 0 Å². The largest absolute Gasteiger partial charge is 0.339 e. The SMILES string of the molecule is CC(C)(C)CC(CN)c1nc(-c2cc(Cl)cc(Cl)c2)no1. The molecule has 0 amide bonds. The van der Waals surface area contributed by atoms with Crippen molar-refractivity contribution in [3.8, 4) is 11.4 Å². The van der Waals surface area contributed by atoms with Crippen molar-refractivity contribution in [1.82, 2.24) is 10.1 Å². The fraction of sp³-hybridized carbons (Fsp3) is 0.467. The van der Waals surface area contributed by atoms with E-state index in [1.807, 2.05) is 0 Å². The molecule has 0 fully saturated rings. The summed E-state index contributed by atoms with van der Waals surface area (Å²) in [4.78, 5) is 4.44. The van der Waals surface area contributed by atoms with Gasteiger partial charge in [0.05, 0.1) is 5.92 Å². The summed E-state index contributed by atoms with van der Waals surface area (Å²) < 4.78 is 5.37. The van der Waals surface area contributed by atoms with E-state index in [0.717, 1.165) is 12.0 Å². The molecule has 4 nitrogen and oxygen atoms in total. The van der Waals surface area contributed by atoms with E-state index in [0.29, 0.717) is 28.3 Å². The van der Waals surface area contributed by atoms with Crippen LogP contribution in [-0.2, 0) is 0 Å². The first-order chi connectivity index (χ1) is 9.78. The maximum atomic E-state index is 5.99.